The first-order chi connectivity index (χ1) is 15.2. The number of nitrogens with one attached hydrogen (secondary N) is 1. The van der Waals surface area contributed by atoms with E-state index in [0.29, 0.717) is 18.4 Å². The van der Waals surface area contributed by atoms with E-state index in [9.17, 15) is 24.3 Å². The maximum Gasteiger partial charge on any atom is 1.00 e. The molecule has 1 aliphatic carbocycles. The average Bonchev–Trinajstić information content (AvgIpc) is 3.48. The summed E-state index contributed by atoms with van der Waals surface area (Å²) < 4.78 is 4.84. The zero-order valence-corrected chi connectivity index (χ0v) is 21.6. The Morgan fingerprint density at radius 2 is 2.06 bits per heavy atom. The fourth-order valence-corrected chi connectivity index (χ4v) is 5.86. The van der Waals surface area contributed by atoms with Crippen molar-refractivity contribution in [3.8, 4) is 0 Å². The third-order valence-electron chi connectivity index (χ3n) is 5.51. The first kappa shape index (κ1) is 25.5. The molecule has 3 heterocycles. The van der Waals surface area contributed by atoms with Crippen molar-refractivity contribution in [2.45, 2.75) is 24.3 Å². The number of nitrogens with two attached hydrogens (primary N) is 1. The third-order valence-corrected chi connectivity index (χ3v) is 7.47. The zero-order valence-electron chi connectivity index (χ0n) is 17.9. The number of aliphatic carboxylic acids is 1. The number of ether oxygens (including phenoxy) is 1. The van der Waals surface area contributed by atoms with Gasteiger partial charge in [-0.3, -0.25) is 19.3 Å². The van der Waals surface area contributed by atoms with Crippen LogP contribution in [0.1, 0.15) is 18.5 Å². The van der Waals surface area contributed by atoms with Crippen molar-refractivity contribution in [2.24, 2.45) is 10.6 Å². The van der Waals surface area contributed by atoms with Crippen LogP contribution in [-0.2, 0) is 28.8 Å². The number of amides is 2. The standard InChI is InChI=1S/C18H19N5O7S2.Na/c1-29-16(28)18(3-4-18)7-5-31-14-10(13(25)23(14)11(7)15(26)27)21-12(24)9(22-30-2)8-6-32-17(19)20-8;/h6,10,14H,3-5H2,1-2H3,(H2,19,20)(H,21,24)(H,26,27);/q;+1/p-1/b22-9-;/t10-,14-;/m1./s1. The molecule has 2 amide bonds. The van der Waals surface area contributed by atoms with Gasteiger partial charge in [-0.05, 0) is 18.4 Å². The molecule has 0 radical (unpaired) electrons. The van der Waals surface area contributed by atoms with E-state index in [0.717, 1.165) is 16.2 Å². The van der Waals surface area contributed by atoms with Gasteiger partial charge < -0.3 is 30.5 Å². The Kier molecular flexibility index (Phi) is 7.43. The fraction of sp³-hybridized carbons (Fsp3) is 0.444. The van der Waals surface area contributed by atoms with Gasteiger partial charge in [0.25, 0.3) is 11.8 Å². The molecular weight excluding hydrogens is 485 g/mol. The largest absolute Gasteiger partial charge is 1.00 e. The van der Waals surface area contributed by atoms with Gasteiger partial charge in [0.1, 0.15) is 24.2 Å². The van der Waals surface area contributed by atoms with Gasteiger partial charge in [0.15, 0.2) is 10.8 Å². The number of carbonyl (C=O) groups excluding carboxylic acids is 4. The molecule has 3 N–H and O–H groups in total. The monoisotopic (exact) mass is 503 g/mol. The Labute approximate surface area is 218 Å². The van der Waals surface area contributed by atoms with Gasteiger partial charge in [0, 0.05) is 11.1 Å². The van der Waals surface area contributed by atoms with Gasteiger partial charge in [-0.25, -0.2) is 4.98 Å². The van der Waals surface area contributed by atoms with Gasteiger partial charge in [-0.1, -0.05) is 5.16 Å². The van der Waals surface area contributed by atoms with Crippen molar-refractivity contribution in [1.82, 2.24) is 15.2 Å². The summed E-state index contributed by atoms with van der Waals surface area (Å²) in [6.07, 6.45) is 0.875. The first-order valence-corrected chi connectivity index (χ1v) is 11.3. The number of esters is 1. The summed E-state index contributed by atoms with van der Waals surface area (Å²) in [6, 6.07) is -1.00. The number of aromatic nitrogens is 1. The van der Waals surface area contributed by atoms with Crippen LogP contribution in [0.5, 0.6) is 0 Å². The van der Waals surface area contributed by atoms with Crippen molar-refractivity contribution in [1.29, 1.82) is 0 Å². The number of hydrogen-bond donors (Lipinski definition) is 2. The smallest absolute Gasteiger partial charge is 0.543 e. The second-order valence-electron chi connectivity index (χ2n) is 7.24. The van der Waals surface area contributed by atoms with Crippen LogP contribution in [0.15, 0.2) is 21.8 Å². The molecule has 0 unspecified atom stereocenters. The molecule has 0 bridgehead atoms. The quantitative estimate of drug-likeness (QED) is 0.121. The Balaban J connectivity index is 0.00000306. The molecule has 4 rings (SSSR count). The van der Waals surface area contributed by atoms with Crippen molar-refractivity contribution < 1.29 is 63.4 Å². The normalized spacial score (nSPS) is 23.0. The van der Waals surface area contributed by atoms with E-state index in [1.165, 1.54) is 31.4 Å². The molecule has 2 aliphatic heterocycles. The van der Waals surface area contributed by atoms with Crippen molar-refractivity contribution in [3.63, 3.8) is 0 Å². The van der Waals surface area contributed by atoms with Crippen LogP contribution < -0.4 is 45.7 Å². The fourth-order valence-electron chi connectivity index (χ4n) is 3.83. The van der Waals surface area contributed by atoms with Gasteiger partial charge >= 0.3 is 35.5 Å². The number of oxime groups is 1. The minimum absolute atomic E-state index is 0. The van der Waals surface area contributed by atoms with E-state index in [4.69, 9.17) is 15.3 Å². The van der Waals surface area contributed by atoms with E-state index in [-0.39, 0.29) is 57.5 Å². The molecule has 3 aliphatic rings. The van der Waals surface area contributed by atoms with Gasteiger partial charge in [0.05, 0.1) is 24.2 Å². The van der Waals surface area contributed by atoms with Crippen molar-refractivity contribution in [2.75, 3.05) is 25.7 Å². The molecule has 0 spiro atoms. The average molecular weight is 503 g/mol. The number of nitrogen functional groups attached to an aromatic ring is 1. The summed E-state index contributed by atoms with van der Waals surface area (Å²) in [6.45, 7) is 0. The summed E-state index contributed by atoms with van der Waals surface area (Å²) in [5.74, 6) is -3.28. The molecule has 1 saturated heterocycles. The number of carboxylic acids is 1. The molecule has 33 heavy (non-hydrogen) atoms. The number of carbonyl (C=O) groups is 4. The molecule has 15 heteroatoms. The Bertz CT molecular complexity index is 1080. The van der Waals surface area contributed by atoms with E-state index in [2.05, 4.69) is 15.5 Å². The van der Waals surface area contributed by atoms with Crippen LogP contribution in [0.2, 0.25) is 0 Å². The Morgan fingerprint density at radius 1 is 1.36 bits per heavy atom. The topological polar surface area (TPSA) is 176 Å². The molecule has 1 saturated carbocycles. The van der Waals surface area contributed by atoms with E-state index in [1.54, 1.807) is 0 Å². The first-order valence-electron chi connectivity index (χ1n) is 9.36. The van der Waals surface area contributed by atoms with Gasteiger partial charge in [0.2, 0.25) is 0 Å². The molecule has 2 fully saturated rings. The van der Waals surface area contributed by atoms with E-state index < -0.39 is 40.6 Å². The number of carboxylic acid groups (broad SMARTS) is 1. The summed E-state index contributed by atoms with van der Waals surface area (Å²) in [5.41, 5.74) is 4.55. The second kappa shape index (κ2) is 9.62. The van der Waals surface area contributed by atoms with Crippen LogP contribution in [0.3, 0.4) is 0 Å². The van der Waals surface area contributed by atoms with Crippen LogP contribution >= 0.6 is 23.1 Å². The number of thiazole rings is 1. The molecule has 0 aromatic carbocycles. The van der Waals surface area contributed by atoms with Gasteiger partial charge in [-0.15, -0.1) is 23.1 Å². The minimum Gasteiger partial charge on any atom is -0.543 e. The number of hydrogen-bond acceptors (Lipinski definition) is 12. The van der Waals surface area contributed by atoms with Crippen LogP contribution in [0, 0.1) is 5.41 Å². The molecule has 12 nitrogen and oxygen atoms in total. The number of fused-ring (bicyclic) bond motifs is 1. The second-order valence-corrected chi connectivity index (χ2v) is 9.24. The SMILES string of the molecule is CO/N=C(\C(=O)N[C@@H]1C(=O)N2C(C(=O)[O-])=C(C3(C(=O)OC)CC3)CS[C@H]12)c1csc(N)n1.[Na+]. The van der Waals surface area contributed by atoms with Crippen molar-refractivity contribution >= 4 is 57.7 Å². The minimum atomic E-state index is -1.56. The number of anilines is 1. The van der Waals surface area contributed by atoms with Crippen LogP contribution in [0.4, 0.5) is 5.13 Å². The Morgan fingerprint density at radius 3 is 2.58 bits per heavy atom. The molecule has 1 aromatic rings. The molecule has 170 valence electrons. The number of nitrogens with zero attached hydrogens (tertiary/aromatic N) is 3. The van der Waals surface area contributed by atoms with Crippen molar-refractivity contribution in [3.05, 3.63) is 22.3 Å². The molecular formula is C18H18N5NaO7S2. The summed E-state index contributed by atoms with van der Waals surface area (Å²) >= 11 is 2.35. The van der Waals surface area contributed by atoms with Crippen LogP contribution in [0.25, 0.3) is 0 Å². The zero-order chi connectivity index (χ0) is 23.2. The molecule has 1 aromatic heterocycles. The third kappa shape index (κ3) is 4.25. The maximum absolute atomic E-state index is 12.9. The van der Waals surface area contributed by atoms with Gasteiger partial charge in [-0.2, -0.15) is 0 Å². The summed E-state index contributed by atoms with van der Waals surface area (Å²) in [4.78, 5) is 59.6. The maximum atomic E-state index is 12.9. The van der Waals surface area contributed by atoms with Crippen LogP contribution in [-0.4, -0.2) is 70.7 Å². The predicted octanol–water partition coefficient (Wildman–Crippen LogP) is -4.56. The summed E-state index contributed by atoms with van der Waals surface area (Å²) in [5, 5.41) is 19.2. The number of β-lactam (4-membered cyclic amide) rings is 1. The molecule has 2 atom stereocenters. The van der Waals surface area contributed by atoms with E-state index >= 15 is 0 Å². The van der Waals surface area contributed by atoms with E-state index in [1.807, 2.05) is 0 Å². The Hall–Kier alpha value is -2.13. The number of rotatable bonds is 7. The number of methoxy groups -OCH3 is 1. The predicted molar refractivity (Wildman–Crippen MR) is 111 cm³/mol. The number of thioether (sulfide) groups is 1. The summed E-state index contributed by atoms with van der Waals surface area (Å²) in [7, 11) is 2.49.